The van der Waals surface area contributed by atoms with Crippen LogP contribution >= 0.6 is 0 Å². The zero-order valence-electron chi connectivity index (χ0n) is 16.7. The maximum atomic E-state index is 12.4. The number of para-hydroxylation sites is 1. The van der Waals surface area contributed by atoms with Gasteiger partial charge in [-0.15, -0.1) is 0 Å². The predicted molar refractivity (Wildman–Crippen MR) is 117 cm³/mol. The van der Waals surface area contributed by atoms with E-state index in [1.807, 2.05) is 30.3 Å². The summed E-state index contributed by atoms with van der Waals surface area (Å²) in [6.45, 7) is 5.12. The second-order valence-corrected chi connectivity index (χ2v) is 6.44. The molecule has 30 heavy (non-hydrogen) atoms. The summed E-state index contributed by atoms with van der Waals surface area (Å²) in [6.07, 6.45) is 0.126. The summed E-state index contributed by atoms with van der Waals surface area (Å²) >= 11 is 0. The monoisotopic (exact) mass is 436 g/mol. The van der Waals surface area contributed by atoms with Gasteiger partial charge in [0.25, 0.3) is 0 Å². The van der Waals surface area contributed by atoms with Gasteiger partial charge in [-0.25, -0.2) is 4.79 Å². The van der Waals surface area contributed by atoms with Crippen molar-refractivity contribution in [2.75, 3.05) is 6.61 Å². The third kappa shape index (κ3) is 7.18. The number of aromatic hydroxyl groups is 1. The number of esters is 1. The summed E-state index contributed by atoms with van der Waals surface area (Å²) in [5.74, 6) is -0.926. The first-order valence-electron chi connectivity index (χ1n) is 9.27. The molecule has 0 saturated heterocycles. The Hall–Kier alpha value is -1.77. The van der Waals surface area contributed by atoms with Gasteiger partial charge in [0.2, 0.25) is 0 Å². The SMILES string of the molecule is CC(=O)CC(c1ccccc1)c1c(O)c2ccccc2oc1=O.CCOC(C)=O.[KH]. The van der Waals surface area contributed by atoms with Crippen LogP contribution in [0.3, 0.4) is 0 Å². The molecule has 0 aliphatic carbocycles. The van der Waals surface area contributed by atoms with E-state index in [0.717, 1.165) is 5.56 Å². The molecule has 0 saturated carbocycles. The topological polar surface area (TPSA) is 93.8 Å². The van der Waals surface area contributed by atoms with Crippen LogP contribution in [0.15, 0.2) is 63.8 Å². The molecular weight excluding hydrogens is 411 g/mol. The standard InChI is InChI=1S/C19H16O4.C4H8O2.K.H/c1-12(20)11-15(13-7-3-2-4-8-13)17-18(21)14-9-5-6-10-16(14)23-19(17)22;1-3-6-4(2)5;;/h2-10,15,21H,11H2,1H3;3H2,1-2H3;;. The average Bonchev–Trinajstić information content (AvgIpc) is 2.68. The van der Waals surface area contributed by atoms with Crippen LogP contribution in [0.4, 0.5) is 0 Å². The molecular formula is C23H25KO6. The Kier molecular flexibility index (Phi) is 11.2. The van der Waals surface area contributed by atoms with Crippen molar-refractivity contribution in [2.24, 2.45) is 0 Å². The molecule has 0 spiro atoms. The number of carbonyl (C=O) groups is 2. The quantitative estimate of drug-likeness (QED) is 0.374. The van der Waals surface area contributed by atoms with E-state index in [1.165, 1.54) is 13.8 Å². The minimum atomic E-state index is -0.615. The van der Waals surface area contributed by atoms with Crippen molar-refractivity contribution in [3.63, 3.8) is 0 Å². The van der Waals surface area contributed by atoms with Gasteiger partial charge in [-0.05, 0) is 31.5 Å². The van der Waals surface area contributed by atoms with Crippen LogP contribution in [0.1, 0.15) is 44.2 Å². The molecule has 1 atom stereocenters. The van der Waals surface area contributed by atoms with Gasteiger partial charge >= 0.3 is 63.0 Å². The van der Waals surface area contributed by atoms with E-state index in [-0.39, 0.29) is 80.9 Å². The summed E-state index contributed by atoms with van der Waals surface area (Å²) in [5, 5.41) is 11.1. The van der Waals surface area contributed by atoms with Gasteiger partial charge in [-0.1, -0.05) is 42.5 Å². The molecule has 0 bridgehead atoms. The Morgan fingerprint density at radius 1 is 1.03 bits per heavy atom. The van der Waals surface area contributed by atoms with Crippen molar-refractivity contribution in [3.8, 4) is 5.75 Å². The number of rotatable bonds is 5. The van der Waals surface area contributed by atoms with Crippen molar-refractivity contribution < 1.29 is 23.8 Å². The van der Waals surface area contributed by atoms with Crippen LogP contribution in [-0.4, -0.2) is 74.9 Å². The Morgan fingerprint density at radius 3 is 2.17 bits per heavy atom. The molecule has 0 amide bonds. The number of Topliss-reactive ketones (excluding diaryl/α,β-unsaturated/α-hetero) is 1. The van der Waals surface area contributed by atoms with Crippen LogP contribution in [-0.2, 0) is 14.3 Å². The van der Waals surface area contributed by atoms with Crippen molar-refractivity contribution >= 4 is 74.1 Å². The van der Waals surface area contributed by atoms with Crippen LogP contribution in [0.2, 0.25) is 0 Å². The molecule has 1 aromatic heterocycles. The Balaban J connectivity index is 0.000000567. The molecule has 0 aliphatic heterocycles. The number of ether oxygens (including phenoxy) is 1. The van der Waals surface area contributed by atoms with Crippen molar-refractivity contribution in [1.82, 2.24) is 0 Å². The maximum absolute atomic E-state index is 12.4. The van der Waals surface area contributed by atoms with Gasteiger partial charge in [-0.3, -0.25) is 9.59 Å². The molecule has 154 valence electrons. The number of hydrogen-bond acceptors (Lipinski definition) is 6. The first-order chi connectivity index (χ1) is 13.8. The number of carbonyl (C=O) groups excluding carboxylic acids is 2. The summed E-state index contributed by atoms with van der Waals surface area (Å²) in [5.41, 5.74) is 0.635. The molecule has 0 fully saturated rings. The predicted octanol–water partition coefficient (Wildman–Crippen LogP) is 3.53. The number of ketones is 1. The third-order valence-electron chi connectivity index (χ3n) is 4.21. The second kappa shape index (κ2) is 12.8. The van der Waals surface area contributed by atoms with E-state index in [9.17, 15) is 19.5 Å². The third-order valence-corrected chi connectivity index (χ3v) is 4.21. The van der Waals surface area contributed by atoms with Gasteiger partial charge < -0.3 is 14.3 Å². The fourth-order valence-electron chi connectivity index (χ4n) is 3.02. The molecule has 3 rings (SSSR count). The molecule has 7 heteroatoms. The Bertz CT molecular complexity index is 1040. The summed E-state index contributed by atoms with van der Waals surface area (Å²) in [4.78, 5) is 33.9. The van der Waals surface area contributed by atoms with E-state index >= 15 is 0 Å². The molecule has 6 nitrogen and oxygen atoms in total. The molecule has 3 aromatic rings. The van der Waals surface area contributed by atoms with Crippen LogP contribution in [0.5, 0.6) is 5.75 Å². The van der Waals surface area contributed by atoms with Gasteiger partial charge in [0.05, 0.1) is 17.6 Å². The van der Waals surface area contributed by atoms with Crippen molar-refractivity contribution in [1.29, 1.82) is 0 Å². The van der Waals surface area contributed by atoms with Crippen molar-refractivity contribution in [3.05, 3.63) is 76.1 Å². The number of hydrogen-bond donors (Lipinski definition) is 1. The Morgan fingerprint density at radius 2 is 1.63 bits per heavy atom. The van der Waals surface area contributed by atoms with E-state index < -0.39 is 11.5 Å². The Labute approximate surface area is 217 Å². The van der Waals surface area contributed by atoms with Gasteiger partial charge in [0, 0.05) is 19.3 Å². The normalized spacial score (nSPS) is 10.9. The summed E-state index contributed by atoms with van der Waals surface area (Å²) in [7, 11) is 0. The first kappa shape index (κ1) is 26.3. The van der Waals surface area contributed by atoms with E-state index in [1.54, 1.807) is 31.2 Å². The molecule has 1 N–H and O–H groups in total. The van der Waals surface area contributed by atoms with Gasteiger partial charge in [-0.2, -0.15) is 0 Å². The zero-order chi connectivity index (χ0) is 21.4. The summed E-state index contributed by atoms with van der Waals surface area (Å²) < 4.78 is 9.73. The van der Waals surface area contributed by atoms with Gasteiger partial charge in [0.15, 0.2) is 0 Å². The van der Waals surface area contributed by atoms with Crippen molar-refractivity contribution in [2.45, 2.75) is 33.1 Å². The minimum absolute atomic E-state index is 0. The second-order valence-electron chi connectivity index (χ2n) is 6.44. The molecule has 1 unspecified atom stereocenters. The zero-order valence-corrected chi connectivity index (χ0v) is 16.7. The fraction of sp³-hybridized carbons (Fsp3) is 0.261. The average molecular weight is 437 g/mol. The van der Waals surface area contributed by atoms with Crippen LogP contribution in [0.25, 0.3) is 11.0 Å². The number of fused-ring (bicyclic) bond motifs is 1. The molecule has 2 aromatic carbocycles. The number of benzene rings is 2. The van der Waals surface area contributed by atoms with Crippen LogP contribution in [0, 0.1) is 0 Å². The van der Waals surface area contributed by atoms with E-state index in [2.05, 4.69) is 4.74 Å². The summed E-state index contributed by atoms with van der Waals surface area (Å²) in [6, 6.07) is 16.0. The van der Waals surface area contributed by atoms with Gasteiger partial charge in [0.1, 0.15) is 17.1 Å². The first-order valence-corrected chi connectivity index (χ1v) is 9.27. The van der Waals surface area contributed by atoms with E-state index in [0.29, 0.717) is 17.6 Å². The van der Waals surface area contributed by atoms with Crippen LogP contribution < -0.4 is 5.63 Å². The molecule has 0 aliphatic rings. The fourth-order valence-corrected chi connectivity index (χ4v) is 3.02. The molecule has 1 heterocycles. The molecule has 0 radical (unpaired) electrons. The van der Waals surface area contributed by atoms with E-state index in [4.69, 9.17) is 4.42 Å².